The molecule has 1 aromatic heterocycles. The number of nitrogens with two attached hydrogens (primary N) is 1. The van der Waals surface area contributed by atoms with Gasteiger partial charge >= 0.3 is 0 Å². The number of anilines is 1. The van der Waals surface area contributed by atoms with Crippen molar-refractivity contribution in [3.63, 3.8) is 0 Å². The summed E-state index contributed by atoms with van der Waals surface area (Å²) in [6.07, 6.45) is 3.12. The molecule has 0 radical (unpaired) electrons. The van der Waals surface area contributed by atoms with Crippen LogP contribution in [0, 0.1) is 0 Å². The van der Waals surface area contributed by atoms with Crippen molar-refractivity contribution in [2.24, 2.45) is 0 Å². The smallest absolute Gasteiger partial charge is 0.0664 e. The van der Waals surface area contributed by atoms with E-state index in [1.807, 2.05) is 24.3 Å². The van der Waals surface area contributed by atoms with E-state index in [2.05, 4.69) is 20.9 Å². The molecule has 5 heteroatoms. The molecule has 0 amide bonds. The van der Waals surface area contributed by atoms with Gasteiger partial charge < -0.3 is 5.73 Å². The summed E-state index contributed by atoms with van der Waals surface area (Å²) in [5.74, 6) is 0.460. The third-order valence-corrected chi connectivity index (χ3v) is 4.25. The van der Waals surface area contributed by atoms with Gasteiger partial charge in [0.05, 0.1) is 33.3 Å². The van der Waals surface area contributed by atoms with Crippen LogP contribution in [-0.2, 0) is 16.6 Å². The van der Waals surface area contributed by atoms with E-state index in [0.717, 1.165) is 10.0 Å². The number of hydrogen-bond acceptors (Lipinski definition) is 3. The van der Waals surface area contributed by atoms with Crippen molar-refractivity contribution in [3.05, 3.63) is 52.8 Å². The van der Waals surface area contributed by atoms with Crippen LogP contribution in [0.15, 0.2) is 52.1 Å². The monoisotopic (exact) mass is 310 g/mol. The van der Waals surface area contributed by atoms with Crippen LogP contribution in [0.1, 0.15) is 5.56 Å². The van der Waals surface area contributed by atoms with Gasteiger partial charge in [0.1, 0.15) is 0 Å². The van der Waals surface area contributed by atoms with Crippen molar-refractivity contribution in [2.45, 2.75) is 10.6 Å². The highest BCUT2D eigenvalue weighted by atomic mass is 79.9. The van der Waals surface area contributed by atoms with Gasteiger partial charge in [-0.1, -0.05) is 28.1 Å². The minimum Gasteiger partial charge on any atom is -0.396 e. The third-order valence-electron chi connectivity index (χ3n) is 2.27. The van der Waals surface area contributed by atoms with Crippen molar-refractivity contribution in [3.8, 4) is 0 Å². The third kappa shape index (κ3) is 3.14. The lowest BCUT2D eigenvalue weighted by atomic mass is 10.2. The molecular formula is C12H11BrN2OS. The molecule has 2 rings (SSSR count). The van der Waals surface area contributed by atoms with Gasteiger partial charge in [-0.15, -0.1) is 0 Å². The van der Waals surface area contributed by atoms with E-state index < -0.39 is 10.8 Å². The fourth-order valence-corrected chi connectivity index (χ4v) is 2.85. The van der Waals surface area contributed by atoms with E-state index in [-0.39, 0.29) is 0 Å². The summed E-state index contributed by atoms with van der Waals surface area (Å²) in [4.78, 5) is 4.52. The highest BCUT2D eigenvalue weighted by molar-refractivity contribution is 9.10. The zero-order chi connectivity index (χ0) is 12.3. The molecule has 0 spiro atoms. The molecule has 0 aliphatic carbocycles. The van der Waals surface area contributed by atoms with E-state index in [1.165, 1.54) is 6.20 Å². The number of nitrogens with zero attached hydrogens (tertiary/aromatic N) is 1. The molecule has 1 heterocycles. The van der Waals surface area contributed by atoms with Crippen molar-refractivity contribution in [1.29, 1.82) is 0 Å². The minimum atomic E-state index is -1.13. The Balaban J connectivity index is 2.17. The largest absolute Gasteiger partial charge is 0.396 e. The normalized spacial score (nSPS) is 12.3. The molecule has 0 aliphatic rings. The number of nitrogen functional groups attached to an aromatic ring is 1. The Kier molecular flexibility index (Phi) is 3.91. The van der Waals surface area contributed by atoms with Crippen LogP contribution in [0.3, 0.4) is 0 Å². The molecule has 1 aromatic carbocycles. The van der Waals surface area contributed by atoms with E-state index in [0.29, 0.717) is 16.3 Å². The maximum Gasteiger partial charge on any atom is 0.0664 e. The lowest BCUT2D eigenvalue weighted by molar-refractivity contribution is 0.683. The predicted octanol–water partition coefficient (Wildman–Crippen LogP) is 2.73. The van der Waals surface area contributed by atoms with Crippen LogP contribution in [-0.4, -0.2) is 9.19 Å². The summed E-state index contributed by atoms with van der Waals surface area (Å²) in [5, 5.41) is 0. The van der Waals surface area contributed by atoms with Crippen LogP contribution >= 0.6 is 15.9 Å². The van der Waals surface area contributed by atoms with Crippen LogP contribution in [0.2, 0.25) is 0 Å². The quantitative estimate of drug-likeness (QED) is 0.948. The summed E-state index contributed by atoms with van der Waals surface area (Å²) in [6.45, 7) is 0. The molecule has 1 atom stereocenters. The van der Waals surface area contributed by atoms with Crippen LogP contribution in [0.25, 0.3) is 0 Å². The molecule has 17 heavy (non-hydrogen) atoms. The van der Waals surface area contributed by atoms with Gasteiger partial charge in [0.15, 0.2) is 0 Å². The molecule has 0 fully saturated rings. The molecule has 2 aromatic rings. The van der Waals surface area contributed by atoms with Crippen LogP contribution in [0.5, 0.6) is 0 Å². The lowest BCUT2D eigenvalue weighted by Gasteiger charge is -2.05. The Labute approximate surface area is 111 Å². The Bertz CT molecular complexity index is 542. The van der Waals surface area contributed by atoms with Gasteiger partial charge in [-0.25, -0.2) is 0 Å². The summed E-state index contributed by atoms with van der Waals surface area (Å²) >= 11 is 3.36. The topological polar surface area (TPSA) is 56.0 Å². The molecule has 3 nitrogen and oxygen atoms in total. The highest BCUT2D eigenvalue weighted by Crippen LogP contribution is 2.18. The highest BCUT2D eigenvalue weighted by Gasteiger charge is 2.08. The number of benzene rings is 1. The van der Waals surface area contributed by atoms with Gasteiger partial charge in [-0.3, -0.25) is 9.19 Å². The zero-order valence-electron chi connectivity index (χ0n) is 8.97. The Morgan fingerprint density at radius 2 is 1.94 bits per heavy atom. The lowest BCUT2D eigenvalue weighted by Crippen LogP contribution is -2.01. The standard InChI is InChI=1S/C12H11BrN2OS/c13-10-3-1-9(2-4-10)8-17(16)12-5-6-15-7-11(12)14/h1-7H,8,14H2. The van der Waals surface area contributed by atoms with Gasteiger partial charge in [0.2, 0.25) is 0 Å². The number of halogens is 1. The first-order chi connectivity index (χ1) is 8.16. The maximum atomic E-state index is 12.1. The number of rotatable bonds is 3. The molecule has 0 bridgehead atoms. The van der Waals surface area contributed by atoms with Gasteiger partial charge in [-0.2, -0.15) is 0 Å². The molecule has 0 aliphatic heterocycles. The predicted molar refractivity (Wildman–Crippen MR) is 72.9 cm³/mol. The molecule has 2 N–H and O–H groups in total. The summed E-state index contributed by atoms with van der Waals surface area (Å²) < 4.78 is 13.1. The van der Waals surface area contributed by atoms with E-state index in [1.54, 1.807) is 12.3 Å². The Morgan fingerprint density at radius 3 is 2.59 bits per heavy atom. The average Bonchev–Trinajstić information content (AvgIpc) is 2.32. The van der Waals surface area contributed by atoms with E-state index in [9.17, 15) is 4.21 Å². The fraction of sp³-hybridized carbons (Fsp3) is 0.0833. The first-order valence-corrected chi connectivity index (χ1v) is 7.10. The molecule has 1 unspecified atom stereocenters. The average molecular weight is 311 g/mol. The number of aromatic nitrogens is 1. The fourth-order valence-electron chi connectivity index (χ4n) is 1.41. The van der Waals surface area contributed by atoms with Gasteiger partial charge in [0.25, 0.3) is 0 Å². The Morgan fingerprint density at radius 1 is 1.24 bits per heavy atom. The first-order valence-electron chi connectivity index (χ1n) is 4.99. The van der Waals surface area contributed by atoms with Crippen molar-refractivity contribution >= 4 is 32.4 Å². The summed E-state index contributed by atoms with van der Waals surface area (Å²) in [6, 6.07) is 9.45. The zero-order valence-corrected chi connectivity index (χ0v) is 11.4. The SMILES string of the molecule is Nc1cnccc1S(=O)Cc1ccc(Br)cc1. The minimum absolute atomic E-state index is 0.460. The van der Waals surface area contributed by atoms with Crippen LogP contribution in [0.4, 0.5) is 5.69 Å². The second kappa shape index (κ2) is 5.42. The van der Waals surface area contributed by atoms with Gasteiger partial charge in [-0.05, 0) is 23.8 Å². The van der Waals surface area contributed by atoms with E-state index >= 15 is 0 Å². The maximum absolute atomic E-state index is 12.1. The van der Waals surface area contributed by atoms with Crippen molar-refractivity contribution in [2.75, 3.05) is 5.73 Å². The van der Waals surface area contributed by atoms with Crippen LogP contribution < -0.4 is 5.73 Å². The second-order valence-electron chi connectivity index (χ2n) is 3.53. The summed E-state index contributed by atoms with van der Waals surface area (Å²) in [5.41, 5.74) is 7.23. The number of pyridine rings is 1. The summed E-state index contributed by atoms with van der Waals surface area (Å²) in [7, 11) is -1.13. The molecule has 0 saturated heterocycles. The molecule has 88 valence electrons. The van der Waals surface area contributed by atoms with Crippen molar-refractivity contribution < 1.29 is 4.21 Å². The molecule has 0 saturated carbocycles. The Hall–Kier alpha value is -1.20. The first kappa shape index (κ1) is 12.3. The second-order valence-corrected chi connectivity index (χ2v) is 5.87. The van der Waals surface area contributed by atoms with Crippen molar-refractivity contribution in [1.82, 2.24) is 4.98 Å². The molecular weight excluding hydrogens is 300 g/mol. The van der Waals surface area contributed by atoms with Gasteiger partial charge in [0, 0.05) is 10.7 Å². The van der Waals surface area contributed by atoms with E-state index in [4.69, 9.17) is 5.73 Å². The number of hydrogen-bond donors (Lipinski definition) is 1.